The molecule has 1 atom stereocenters. The molecule has 4 heteroatoms. The number of hydrogen-bond donors (Lipinski definition) is 2. The van der Waals surface area contributed by atoms with Crippen LogP contribution >= 0.6 is 0 Å². The minimum atomic E-state index is -0.453. The maximum atomic E-state index is 11.3. The van der Waals surface area contributed by atoms with Gasteiger partial charge in [-0.05, 0) is 32.9 Å². The average molecular weight is 200 g/mol. The van der Waals surface area contributed by atoms with Crippen LogP contribution in [0.2, 0.25) is 0 Å². The molecule has 0 bridgehead atoms. The monoisotopic (exact) mass is 200 g/mol. The van der Waals surface area contributed by atoms with Crippen molar-refractivity contribution in [1.82, 2.24) is 10.2 Å². The highest BCUT2D eigenvalue weighted by atomic mass is 16.3. The maximum absolute atomic E-state index is 11.3. The number of rotatable bonds is 5. The summed E-state index contributed by atoms with van der Waals surface area (Å²) in [5, 5.41) is 11.6. The van der Waals surface area contributed by atoms with Crippen LogP contribution < -0.4 is 5.32 Å². The van der Waals surface area contributed by atoms with Crippen LogP contribution in [0.25, 0.3) is 0 Å². The average Bonchev–Trinajstić information content (AvgIpc) is 2.63. The predicted molar refractivity (Wildman–Crippen MR) is 55.0 cm³/mol. The number of carbonyl (C=O) groups is 1. The van der Waals surface area contributed by atoms with Crippen LogP contribution in [0.15, 0.2) is 0 Å². The molecule has 4 nitrogen and oxygen atoms in total. The third-order valence-corrected chi connectivity index (χ3v) is 2.45. The Kier molecular flexibility index (Phi) is 4.90. The second kappa shape index (κ2) is 5.98. The maximum Gasteiger partial charge on any atom is 0.221 e. The van der Waals surface area contributed by atoms with Gasteiger partial charge in [0.05, 0.1) is 6.10 Å². The summed E-state index contributed by atoms with van der Waals surface area (Å²) in [6, 6.07) is 0. The highest BCUT2D eigenvalue weighted by Gasteiger charge is 2.12. The van der Waals surface area contributed by atoms with Crippen molar-refractivity contribution in [1.29, 1.82) is 0 Å². The Balaban J connectivity index is 2.02. The summed E-state index contributed by atoms with van der Waals surface area (Å²) in [6.07, 6.45) is 2.61. The first-order chi connectivity index (χ1) is 6.68. The number of aliphatic hydroxyl groups is 1. The van der Waals surface area contributed by atoms with E-state index in [0.29, 0.717) is 13.0 Å². The number of carbonyl (C=O) groups excluding carboxylic acids is 1. The summed E-state index contributed by atoms with van der Waals surface area (Å²) in [7, 11) is 0. The first-order valence-corrected chi connectivity index (χ1v) is 5.35. The van der Waals surface area contributed by atoms with Crippen molar-refractivity contribution in [3.05, 3.63) is 0 Å². The summed E-state index contributed by atoms with van der Waals surface area (Å²) in [5.74, 6) is 0.0396. The van der Waals surface area contributed by atoms with Gasteiger partial charge < -0.3 is 15.3 Å². The molecule has 0 saturated carbocycles. The minimum absolute atomic E-state index is 0.0396. The summed E-state index contributed by atoms with van der Waals surface area (Å²) < 4.78 is 0. The molecule has 0 unspecified atom stereocenters. The molecule has 1 aliphatic heterocycles. The SMILES string of the molecule is C[C@@H](O)CNC(=O)CCN1CCCC1. The quantitative estimate of drug-likeness (QED) is 0.655. The number of nitrogens with one attached hydrogen (secondary N) is 1. The largest absolute Gasteiger partial charge is 0.392 e. The van der Waals surface area contributed by atoms with E-state index in [4.69, 9.17) is 5.11 Å². The second-order valence-electron chi connectivity index (χ2n) is 3.95. The van der Waals surface area contributed by atoms with E-state index in [2.05, 4.69) is 10.2 Å². The van der Waals surface area contributed by atoms with E-state index in [0.717, 1.165) is 19.6 Å². The van der Waals surface area contributed by atoms with Gasteiger partial charge in [0.2, 0.25) is 5.91 Å². The fourth-order valence-corrected chi connectivity index (χ4v) is 1.62. The standard InChI is InChI=1S/C10H20N2O2/c1-9(13)8-11-10(14)4-7-12-5-2-3-6-12/h9,13H,2-8H2,1H3,(H,11,14)/t9-/m1/s1. The van der Waals surface area contributed by atoms with Crippen LogP contribution in [0, 0.1) is 0 Å². The molecule has 1 heterocycles. The molecule has 0 aromatic carbocycles. The molecule has 0 spiro atoms. The molecule has 1 amide bonds. The summed E-state index contributed by atoms with van der Waals surface area (Å²) >= 11 is 0. The van der Waals surface area contributed by atoms with Gasteiger partial charge in [0, 0.05) is 19.5 Å². The third-order valence-electron chi connectivity index (χ3n) is 2.45. The first-order valence-electron chi connectivity index (χ1n) is 5.35. The lowest BCUT2D eigenvalue weighted by molar-refractivity contribution is -0.121. The Morgan fingerprint density at radius 1 is 1.50 bits per heavy atom. The molecule has 1 rings (SSSR count). The molecule has 0 aromatic heterocycles. The Hall–Kier alpha value is -0.610. The fraction of sp³-hybridized carbons (Fsp3) is 0.900. The van der Waals surface area contributed by atoms with Gasteiger partial charge in [0.25, 0.3) is 0 Å². The zero-order valence-corrected chi connectivity index (χ0v) is 8.83. The topological polar surface area (TPSA) is 52.6 Å². The highest BCUT2D eigenvalue weighted by molar-refractivity contribution is 5.76. The summed E-state index contributed by atoms with van der Waals surface area (Å²) in [6.45, 7) is 5.14. The van der Waals surface area contributed by atoms with Gasteiger partial charge in [-0.2, -0.15) is 0 Å². The van der Waals surface area contributed by atoms with Crippen molar-refractivity contribution in [2.45, 2.75) is 32.3 Å². The number of aliphatic hydroxyl groups excluding tert-OH is 1. The molecule has 1 fully saturated rings. The fourth-order valence-electron chi connectivity index (χ4n) is 1.62. The van der Waals surface area contributed by atoms with Crippen molar-refractivity contribution in [2.75, 3.05) is 26.2 Å². The molecule has 0 aromatic rings. The van der Waals surface area contributed by atoms with Crippen molar-refractivity contribution in [2.24, 2.45) is 0 Å². The van der Waals surface area contributed by atoms with Crippen LogP contribution in [0.5, 0.6) is 0 Å². The number of nitrogens with zero attached hydrogens (tertiary/aromatic N) is 1. The zero-order valence-electron chi connectivity index (χ0n) is 8.83. The van der Waals surface area contributed by atoms with E-state index in [1.54, 1.807) is 6.92 Å². The molecule has 0 radical (unpaired) electrons. The van der Waals surface area contributed by atoms with Crippen LogP contribution in [0.4, 0.5) is 0 Å². The molecule has 14 heavy (non-hydrogen) atoms. The lowest BCUT2D eigenvalue weighted by atomic mass is 10.3. The van der Waals surface area contributed by atoms with E-state index in [-0.39, 0.29) is 5.91 Å². The number of likely N-dealkylation sites (tertiary alicyclic amines) is 1. The molecule has 1 aliphatic rings. The second-order valence-corrected chi connectivity index (χ2v) is 3.95. The molecule has 0 aliphatic carbocycles. The molecule has 82 valence electrons. The van der Waals surface area contributed by atoms with Gasteiger partial charge in [-0.15, -0.1) is 0 Å². The van der Waals surface area contributed by atoms with Gasteiger partial charge in [-0.1, -0.05) is 0 Å². The highest BCUT2D eigenvalue weighted by Crippen LogP contribution is 2.06. The smallest absolute Gasteiger partial charge is 0.221 e. The first kappa shape index (κ1) is 11.5. The van der Waals surface area contributed by atoms with Crippen molar-refractivity contribution in [3.8, 4) is 0 Å². The summed E-state index contributed by atoms with van der Waals surface area (Å²) in [5.41, 5.74) is 0. The predicted octanol–water partition coefficient (Wildman–Crippen LogP) is -0.0307. The Morgan fingerprint density at radius 3 is 2.71 bits per heavy atom. The van der Waals surface area contributed by atoms with Crippen LogP contribution in [-0.2, 0) is 4.79 Å². The van der Waals surface area contributed by atoms with Crippen molar-refractivity contribution < 1.29 is 9.90 Å². The van der Waals surface area contributed by atoms with E-state index < -0.39 is 6.10 Å². The van der Waals surface area contributed by atoms with Crippen LogP contribution in [-0.4, -0.2) is 48.2 Å². The zero-order chi connectivity index (χ0) is 10.4. The van der Waals surface area contributed by atoms with Gasteiger partial charge in [0.15, 0.2) is 0 Å². The molecule has 1 saturated heterocycles. The van der Waals surface area contributed by atoms with Gasteiger partial charge in [-0.3, -0.25) is 4.79 Å². The lowest BCUT2D eigenvalue weighted by Gasteiger charge is -2.14. The van der Waals surface area contributed by atoms with Crippen molar-refractivity contribution in [3.63, 3.8) is 0 Å². The third kappa shape index (κ3) is 4.58. The van der Waals surface area contributed by atoms with E-state index >= 15 is 0 Å². The van der Waals surface area contributed by atoms with Gasteiger partial charge in [0.1, 0.15) is 0 Å². The normalized spacial score (nSPS) is 19.6. The van der Waals surface area contributed by atoms with Crippen molar-refractivity contribution >= 4 is 5.91 Å². The van der Waals surface area contributed by atoms with E-state index in [1.165, 1.54) is 12.8 Å². The van der Waals surface area contributed by atoms with E-state index in [1.807, 2.05) is 0 Å². The van der Waals surface area contributed by atoms with Crippen LogP contribution in [0.3, 0.4) is 0 Å². The molecular weight excluding hydrogens is 180 g/mol. The Morgan fingerprint density at radius 2 is 2.14 bits per heavy atom. The molecule has 2 N–H and O–H groups in total. The summed E-state index contributed by atoms with van der Waals surface area (Å²) in [4.78, 5) is 13.6. The Bertz CT molecular complexity index is 177. The van der Waals surface area contributed by atoms with Gasteiger partial charge in [-0.25, -0.2) is 0 Å². The Labute approximate surface area is 85.3 Å². The van der Waals surface area contributed by atoms with Crippen LogP contribution in [0.1, 0.15) is 26.2 Å². The minimum Gasteiger partial charge on any atom is -0.392 e. The molecular formula is C10H20N2O2. The number of hydrogen-bond acceptors (Lipinski definition) is 3. The number of amides is 1. The van der Waals surface area contributed by atoms with Gasteiger partial charge >= 0.3 is 0 Å². The van der Waals surface area contributed by atoms with E-state index in [9.17, 15) is 4.79 Å². The lowest BCUT2D eigenvalue weighted by Crippen LogP contribution is -2.33.